The average molecular weight is 410 g/mol. The van der Waals surface area contributed by atoms with Crippen LogP contribution in [0.15, 0.2) is 54.0 Å². The minimum absolute atomic E-state index is 0. The lowest BCUT2D eigenvalue weighted by Crippen LogP contribution is -3.00. The van der Waals surface area contributed by atoms with Crippen molar-refractivity contribution in [3.05, 3.63) is 75.2 Å². The number of methoxy groups -OCH3 is 1. The van der Waals surface area contributed by atoms with Crippen molar-refractivity contribution < 1.29 is 21.9 Å². The molecule has 0 aliphatic rings. The normalized spacial score (nSPS) is 10.2. The van der Waals surface area contributed by atoms with Crippen LogP contribution in [0, 0.1) is 0 Å². The van der Waals surface area contributed by atoms with Crippen LogP contribution < -0.4 is 27.2 Å². The molecular formula is C19H19Cl2N2O2S-. The van der Waals surface area contributed by atoms with E-state index in [4.69, 9.17) is 21.1 Å². The Labute approximate surface area is 168 Å². The van der Waals surface area contributed by atoms with Crippen LogP contribution in [-0.4, -0.2) is 12.1 Å². The molecule has 0 aliphatic heterocycles. The van der Waals surface area contributed by atoms with Gasteiger partial charge in [0.25, 0.3) is 0 Å². The number of nitrogens with zero attached hydrogens (tertiary/aromatic N) is 1. The second-order valence-electron chi connectivity index (χ2n) is 5.45. The van der Waals surface area contributed by atoms with Gasteiger partial charge in [-0.15, -0.1) is 11.3 Å². The van der Waals surface area contributed by atoms with Crippen molar-refractivity contribution in [1.82, 2.24) is 10.3 Å². The van der Waals surface area contributed by atoms with Crippen molar-refractivity contribution in [3.63, 3.8) is 0 Å². The Kier molecular flexibility index (Phi) is 8.19. The fraction of sp³-hybridized carbons (Fsp3) is 0.211. The molecule has 138 valence electrons. The van der Waals surface area contributed by atoms with E-state index in [2.05, 4.69) is 27.8 Å². The summed E-state index contributed by atoms with van der Waals surface area (Å²) in [6.45, 7) is 2.05. The standard InChI is InChI=1S/C19H19ClN2O2S.ClH/c1-23-18-9-14(10-21-12-16-3-2-8-25-16)4-6-17(18)24-13-15-5-7-19(20)22-11-15;/h2-9,11,21H,10,12-13H2,1H3;1H/p-1. The molecule has 1 N–H and O–H groups in total. The molecule has 0 amide bonds. The predicted octanol–water partition coefficient (Wildman–Crippen LogP) is 1.68. The van der Waals surface area contributed by atoms with E-state index in [1.165, 1.54) is 4.88 Å². The molecule has 0 spiro atoms. The van der Waals surface area contributed by atoms with E-state index in [-0.39, 0.29) is 12.4 Å². The Bertz CT molecular complexity index is 796. The van der Waals surface area contributed by atoms with Crippen molar-refractivity contribution in [2.24, 2.45) is 0 Å². The summed E-state index contributed by atoms with van der Waals surface area (Å²) in [5.74, 6) is 1.43. The highest BCUT2D eigenvalue weighted by Crippen LogP contribution is 2.29. The lowest BCUT2D eigenvalue weighted by atomic mass is 10.2. The Morgan fingerprint density at radius 1 is 1.08 bits per heavy atom. The van der Waals surface area contributed by atoms with E-state index < -0.39 is 0 Å². The van der Waals surface area contributed by atoms with Crippen LogP contribution in [0.25, 0.3) is 0 Å². The zero-order valence-corrected chi connectivity index (χ0v) is 16.6. The fourth-order valence-electron chi connectivity index (χ4n) is 2.34. The second-order valence-corrected chi connectivity index (χ2v) is 6.87. The molecule has 0 saturated carbocycles. The van der Waals surface area contributed by atoms with Gasteiger partial charge in [-0.2, -0.15) is 0 Å². The number of aromatic nitrogens is 1. The summed E-state index contributed by atoms with van der Waals surface area (Å²) in [6.07, 6.45) is 1.71. The summed E-state index contributed by atoms with van der Waals surface area (Å²) in [5.41, 5.74) is 2.10. The molecule has 2 aromatic heterocycles. The van der Waals surface area contributed by atoms with Crippen LogP contribution >= 0.6 is 22.9 Å². The van der Waals surface area contributed by atoms with E-state index in [0.29, 0.717) is 17.5 Å². The molecule has 3 rings (SSSR count). The Balaban J connectivity index is 0.00000243. The molecule has 3 aromatic rings. The van der Waals surface area contributed by atoms with Crippen LogP contribution in [0.4, 0.5) is 0 Å². The van der Waals surface area contributed by atoms with Gasteiger partial charge in [0.15, 0.2) is 11.5 Å². The van der Waals surface area contributed by atoms with Crippen LogP contribution in [-0.2, 0) is 19.7 Å². The van der Waals surface area contributed by atoms with Crippen molar-refractivity contribution in [1.29, 1.82) is 0 Å². The monoisotopic (exact) mass is 409 g/mol. The lowest BCUT2D eigenvalue weighted by Gasteiger charge is -2.12. The van der Waals surface area contributed by atoms with Gasteiger partial charge in [-0.3, -0.25) is 0 Å². The van der Waals surface area contributed by atoms with E-state index in [1.54, 1.807) is 30.7 Å². The van der Waals surface area contributed by atoms with Gasteiger partial charge in [0.1, 0.15) is 11.8 Å². The number of hydrogen-bond donors (Lipinski definition) is 1. The summed E-state index contributed by atoms with van der Waals surface area (Å²) < 4.78 is 11.3. The number of ether oxygens (including phenoxy) is 2. The molecule has 7 heteroatoms. The summed E-state index contributed by atoms with van der Waals surface area (Å²) in [7, 11) is 1.65. The van der Waals surface area contributed by atoms with Crippen LogP contribution in [0.1, 0.15) is 16.0 Å². The first-order valence-electron chi connectivity index (χ1n) is 7.88. The second kappa shape index (κ2) is 10.4. The zero-order valence-electron chi connectivity index (χ0n) is 14.2. The number of hydrogen-bond acceptors (Lipinski definition) is 5. The lowest BCUT2D eigenvalue weighted by molar-refractivity contribution is -0.00000554. The molecule has 0 unspecified atom stereocenters. The highest BCUT2D eigenvalue weighted by molar-refractivity contribution is 7.09. The van der Waals surface area contributed by atoms with Crippen molar-refractivity contribution >= 4 is 22.9 Å². The maximum Gasteiger partial charge on any atom is 0.161 e. The smallest absolute Gasteiger partial charge is 0.161 e. The number of pyridine rings is 1. The number of thiophene rings is 1. The zero-order chi connectivity index (χ0) is 17.5. The number of nitrogens with one attached hydrogen (secondary N) is 1. The van der Waals surface area contributed by atoms with Crippen LogP contribution in [0.5, 0.6) is 11.5 Å². The van der Waals surface area contributed by atoms with Gasteiger partial charge in [-0.25, -0.2) is 4.98 Å². The van der Waals surface area contributed by atoms with Crippen molar-refractivity contribution in [2.45, 2.75) is 19.7 Å². The number of rotatable bonds is 8. The molecule has 2 heterocycles. The third-order valence-corrected chi connectivity index (χ3v) is 4.72. The minimum atomic E-state index is 0. The highest BCUT2D eigenvalue weighted by Gasteiger charge is 2.07. The molecule has 0 bridgehead atoms. The van der Waals surface area contributed by atoms with E-state index in [1.807, 2.05) is 24.3 Å². The Morgan fingerprint density at radius 2 is 1.92 bits per heavy atom. The number of benzene rings is 1. The average Bonchev–Trinajstić information content (AvgIpc) is 3.15. The first-order chi connectivity index (χ1) is 12.2. The van der Waals surface area contributed by atoms with Gasteiger partial charge < -0.3 is 27.2 Å². The minimum Gasteiger partial charge on any atom is -1.00 e. The molecule has 4 nitrogen and oxygen atoms in total. The third kappa shape index (κ3) is 5.88. The molecular weight excluding hydrogens is 391 g/mol. The first-order valence-corrected chi connectivity index (χ1v) is 9.13. The SMILES string of the molecule is COc1cc(CNCc2cccs2)ccc1OCc1ccc(Cl)nc1.[Cl-]. The predicted molar refractivity (Wildman–Crippen MR) is 101 cm³/mol. The highest BCUT2D eigenvalue weighted by atomic mass is 35.5. The summed E-state index contributed by atoms with van der Waals surface area (Å²) >= 11 is 7.54. The first kappa shape index (κ1) is 20.5. The molecule has 1 aromatic carbocycles. The van der Waals surface area contributed by atoms with Gasteiger partial charge in [0, 0.05) is 29.7 Å². The molecule has 0 aliphatic carbocycles. The molecule has 0 radical (unpaired) electrons. The maximum atomic E-state index is 5.85. The molecule has 26 heavy (non-hydrogen) atoms. The molecule has 0 saturated heterocycles. The summed E-state index contributed by atoms with van der Waals surface area (Å²) in [5, 5.41) is 5.99. The molecule has 0 atom stereocenters. The third-order valence-electron chi connectivity index (χ3n) is 3.62. The van der Waals surface area contributed by atoms with E-state index >= 15 is 0 Å². The quantitative estimate of drug-likeness (QED) is 0.574. The van der Waals surface area contributed by atoms with Crippen molar-refractivity contribution in [3.8, 4) is 11.5 Å². The van der Waals surface area contributed by atoms with Crippen LogP contribution in [0.3, 0.4) is 0 Å². The van der Waals surface area contributed by atoms with Crippen LogP contribution in [0.2, 0.25) is 5.15 Å². The maximum absolute atomic E-state index is 5.85. The summed E-state index contributed by atoms with van der Waals surface area (Å²) in [6, 6.07) is 13.8. The van der Waals surface area contributed by atoms with E-state index in [0.717, 1.165) is 30.0 Å². The largest absolute Gasteiger partial charge is 1.00 e. The van der Waals surface area contributed by atoms with E-state index in [9.17, 15) is 0 Å². The van der Waals surface area contributed by atoms with Gasteiger partial charge in [-0.05, 0) is 35.2 Å². The number of halogens is 2. The van der Waals surface area contributed by atoms with Crippen molar-refractivity contribution in [2.75, 3.05) is 7.11 Å². The summed E-state index contributed by atoms with van der Waals surface area (Å²) in [4.78, 5) is 5.37. The fourth-order valence-corrected chi connectivity index (χ4v) is 3.12. The topological polar surface area (TPSA) is 43.4 Å². The Hall–Kier alpha value is -1.79. The van der Waals surface area contributed by atoms with Gasteiger partial charge in [0.2, 0.25) is 0 Å². The molecule has 0 fully saturated rings. The van der Waals surface area contributed by atoms with Gasteiger partial charge in [-0.1, -0.05) is 29.8 Å². The van der Waals surface area contributed by atoms with Gasteiger partial charge in [0.05, 0.1) is 7.11 Å². The van der Waals surface area contributed by atoms with Gasteiger partial charge >= 0.3 is 0 Å². The Morgan fingerprint density at radius 3 is 2.62 bits per heavy atom.